The Labute approximate surface area is 159 Å². The van der Waals surface area contributed by atoms with Gasteiger partial charge < -0.3 is 14.5 Å². The number of hydrogen-bond donors (Lipinski definition) is 0. The minimum absolute atomic E-state index is 0.0175. The van der Waals surface area contributed by atoms with Crippen molar-refractivity contribution < 1.29 is 9.53 Å². The van der Waals surface area contributed by atoms with Gasteiger partial charge in [0.05, 0.1) is 18.8 Å². The average Bonchev–Trinajstić information content (AvgIpc) is 2.74. The fourth-order valence-electron chi connectivity index (χ4n) is 3.51. The predicted molar refractivity (Wildman–Crippen MR) is 107 cm³/mol. The first-order valence-electron chi connectivity index (χ1n) is 9.24. The molecule has 5 nitrogen and oxygen atoms in total. The summed E-state index contributed by atoms with van der Waals surface area (Å²) in [6, 6.07) is 18.0. The Morgan fingerprint density at radius 1 is 1.04 bits per heavy atom. The van der Waals surface area contributed by atoms with E-state index < -0.39 is 0 Å². The molecular weight excluding hydrogens is 338 g/mol. The molecule has 0 unspecified atom stereocenters. The van der Waals surface area contributed by atoms with Gasteiger partial charge in [0, 0.05) is 38.3 Å². The molecule has 0 spiro atoms. The Hall–Kier alpha value is -2.92. The number of hydrogen-bond acceptors (Lipinski definition) is 4. The van der Waals surface area contributed by atoms with Gasteiger partial charge in [-0.25, -0.2) is 4.98 Å². The van der Waals surface area contributed by atoms with Gasteiger partial charge in [-0.1, -0.05) is 54.6 Å². The van der Waals surface area contributed by atoms with Gasteiger partial charge in [-0.15, -0.1) is 0 Å². The van der Waals surface area contributed by atoms with Crippen molar-refractivity contribution in [2.75, 3.05) is 38.3 Å². The molecule has 2 aromatic carbocycles. The van der Waals surface area contributed by atoms with Crippen molar-refractivity contribution in [1.82, 2.24) is 9.88 Å². The van der Waals surface area contributed by atoms with E-state index >= 15 is 0 Å². The second kappa shape index (κ2) is 7.76. The first kappa shape index (κ1) is 17.5. The number of ether oxygens (including phenoxy) is 1. The van der Waals surface area contributed by atoms with Crippen LogP contribution in [0.1, 0.15) is 15.9 Å². The molecule has 4 rings (SSSR count). The molecule has 0 aliphatic carbocycles. The van der Waals surface area contributed by atoms with E-state index in [1.165, 1.54) is 0 Å². The lowest BCUT2D eigenvalue weighted by atomic mass is 10.1. The second-order valence-corrected chi connectivity index (χ2v) is 6.79. The third kappa shape index (κ3) is 3.64. The molecule has 0 radical (unpaired) electrons. The number of anilines is 1. The van der Waals surface area contributed by atoms with Crippen molar-refractivity contribution in [3.05, 3.63) is 71.9 Å². The molecule has 0 bridgehead atoms. The quantitative estimate of drug-likeness (QED) is 0.715. The highest BCUT2D eigenvalue weighted by molar-refractivity contribution is 6.09. The summed E-state index contributed by atoms with van der Waals surface area (Å²) in [5.74, 6) is 0.909. The molecule has 27 heavy (non-hydrogen) atoms. The van der Waals surface area contributed by atoms with Crippen LogP contribution >= 0.6 is 0 Å². The van der Waals surface area contributed by atoms with Crippen LogP contribution in [0.5, 0.6) is 0 Å². The lowest BCUT2D eigenvalue weighted by molar-refractivity contribution is 0.0786. The predicted octanol–water partition coefficient (Wildman–Crippen LogP) is 3.34. The summed E-state index contributed by atoms with van der Waals surface area (Å²) in [6.45, 7) is 3.61. The molecule has 2 heterocycles. The van der Waals surface area contributed by atoms with Crippen LogP contribution in [0.2, 0.25) is 0 Å². The normalized spacial score (nSPS) is 14.3. The lowest BCUT2D eigenvalue weighted by Crippen LogP contribution is -2.37. The minimum atomic E-state index is -0.0175. The molecule has 138 valence electrons. The first-order valence-corrected chi connectivity index (χ1v) is 9.24. The Kier molecular flexibility index (Phi) is 5.03. The molecule has 0 saturated carbocycles. The number of morpholine rings is 1. The summed E-state index contributed by atoms with van der Waals surface area (Å²) < 4.78 is 5.45. The summed E-state index contributed by atoms with van der Waals surface area (Å²) in [6.07, 6.45) is 1.72. The van der Waals surface area contributed by atoms with Crippen molar-refractivity contribution in [1.29, 1.82) is 0 Å². The molecule has 0 atom stereocenters. The zero-order valence-corrected chi connectivity index (χ0v) is 15.5. The van der Waals surface area contributed by atoms with Crippen molar-refractivity contribution in [3.63, 3.8) is 0 Å². The lowest BCUT2D eigenvalue weighted by Gasteiger charge is -2.29. The molecule has 0 N–H and O–H groups in total. The van der Waals surface area contributed by atoms with E-state index in [1.54, 1.807) is 11.1 Å². The van der Waals surface area contributed by atoms with Gasteiger partial charge in [-0.2, -0.15) is 0 Å². The van der Waals surface area contributed by atoms with E-state index in [0.717, 1.165) is 35.2 Å². The summed E-state index contributed by atoms with van der Waals surface area (Å²) in [4.78, 5) is 21.7. The minimum Gasteiger partial charge on any atom is -0.378 e. The number of pyridine rings is 1. The van der Waals surface area contributed by atoms with Crippen molar-refractivity contribution in [2.45, 2.75) is 6.54 Å². The van der Waals surface area contributed by atoms with Gasteiger partial charge in [0.25, 0.3) is 5.91 Å². The maximum atomic E-state index is 13.1. The Bertz CT molecular complexity index is 937. The summed E-state index contributed by atoms with van der Waals surface area (Å²) in [5, 5.41) is 1.96. The largest absolute Gasteiger partial charge is 0.378 e. The van der Waals surface area contributed by atoms with Gasteiger partial charge in [-0.3, -0.25) is 4.79 Å². The van der Waals surface area contributed by atoms with Crippen molar-refractivity contribution in [2.24, 2.45) is 0 Å². The van der Waals surface area contributed by atoms with Crippen LogP contribution in [0, 0.1) is 0 Å². The van der Waals surface area contributed by atoms with E-state index in [4.69, 9.17) is 4.74 Å². The highest BCUT2D eigenvalue weighted by atomic mass is 16.5. The molecule has 1 saturated heterocycles. The average molecular weight is 361 g/mol. The van der Waals surface area contributed by atoms with Crippen LogP contribution in [0.3, 0.4) is 0 Å². The van der Waals surface area contributed by atoms with Crippen LogP contribution in [-0.4, -0.2) is 49.1 Å². The van der Waals surface area contributed by atoms with Crippen molar-refractivity contribution in [3.8, 4) is 0 Å². The van der Waals surface area contributed by atoms with E-state index in [-0.39, 0.29) is 5.91 Å². The van der Waals surface area contributed by atoms with E-state index in [9.17, 15) is 4.79 Å². The summed E-state index contributed by atoms with van der Waals surface area (Å²) in [7, 11) is 1.83. The number of carbonyl (C=O) groups is 1. The molecule has 1 fully saturated rings. The molecule has 1 aliphatic rings. The van der Waals surface area contributed by atoms with Gasteiger partial charge in [0.2, 0.25) is 0 Å². The molecule has 5 heteroatoms. The van der Waals surface area contributed by atoms with Crippen molar-refractivity contribution >= 4 is 22.5 Å². The SMILES string of the molecule is CN(Cc1ccccc1)C(=O)c1cnc(N2CCOCC2)c2ccccc12. The van der Waals surface area contributed by atoms with Gasteiger partial charge in [0.1, 0.15) is 5.82 Å². The highest BCUT2D eigenvalue weighted by Crippen LogP contribution is 2.28. The van der Waals surface area contributed by atoms with Crippen LogP contribution in [-0.2, 0) is 11.3 Å². The van der Waals surface area contributed by atoms with Crippen LogP contribution in [0.25, 0.3) is 10.8 Å². The molecule has 1 aliphatic heterocycles. The number of carbonyl (C=O) groups excluding carboxylic acids is 1. The number of aromatic nitrogens is 1. The number of fused-ring (bicyclic) bond motifs is 1. The third-order valence-corrected chi connectivity index (χ3v) is 4.92. The maximum Gasteiger partial charge on any atom is 0.256 e. The van der Waals surface area contributed by atoms with Crippen LogP contribution in [0.4, 0.5) is 5.82 Å². The monoisotopic (exact) mass is 361 g/mol. The van der Waals surface area contributed by atoms with E-state index in [0.29, 0.717) is 25.3 Å². The van der Waals surface area contributed by atoms with E-state index in [1.807, 2.05) is 61.6 Å². The smallest absolute Gasteiger partial charge is 0.256 e. The second-order valence-electron chi connectivity index (χ2n) is 6.79. The van der Waals surface area contributed by atoms with E-state index in [2.05, 4.69) is 9.88 Å². The van der Waals surface area contributed by atoms with Gasteiger partial charge >= 0.3 is 0 Å². The maximum absolute atomic E-state index is 13.1. The Balaban J connectivity index is 1.66. The number of amides is 1. The highest BCUT2D eigenvalue weighted by Gasteiger charge is 2.20. The van der Waals surface area contributed by atoms with Crippen LogP contribution in [0.15, 0.2) is 60.8 Å². The van der Waals surface area contributed by atoms with Gasteiger partial charge in [-0.05, 0) is 10.9 Å². The summed E-state index contributed by atoms with van der Waals surface area (Å²) in [5.41, 5.74) is 1.75. The third-order valence-electron chi connectivity index (χ3n) is 4.92. The summed E-state index contributed by atoms with van der Waals surface area (Å²) >= 11 is 0. The molecular formula is C22H23N3O2. The topological polar surface area (TPSA) is 45.7 Å². The van der Waals surface area contributed by atoms with Gasteiger partial charge in [0.15, 0.2) is 0 Å². The fraction of sp³-hybridized carbons (Fsp3) is 0.273. The number of nitrogens with zero attached hydrogens (tertiary/aromatic N) is 3. The fourth-order valence-corrected chi connectivity index (χ4v) is 3.51. The number of benzene rings is 2. The zero-order valence-electron chi connectivity index (χ0n) is 15.5. The first-order chi connectivity index (χ1) is 13.2. The Morgan fingerprint density at radius 2 is 1.70 bits per heavy atom. The zero-order chi connectivity index (χ0) is 18.6. The Morgan fingerprint density at radius 3 is 2.44 bits per heavy atom. The molecule has 1 aromatic heterocycles. The number of rotatable bonds is 4. The standard InChI is InChI=1S/C22H23N3O2/c1-24(16-17-7-3-2-4-8-17)22(26)20-15-23-21(25-11-13-27-14-12-25)19-10-6-5-9-18(19)20/h2-10,15H,11-14,16H2,1H3. The van der Waals surface area contributed by atoms with Crippen LogP contribution < -0.4 is 4.90 Å². The molecule has 3 aromatic rings. The molecule has 1 amide bonds.